The van der Waals surface area contributed by atoms with Crippen LogP contribution in [0.1, 0.15) is 11.1 Å². The third-order valence-corrected chi connectivity index (χ3v) is 7.56. The summed E-state index contributed by atoms with van der Waals surface area (Å²) >= 11 is 15.2. The molecule has 13 heteroatoms. The summed E-state index contributed by atoms with van der Waals surface area (Å²) in [6, 6.07) is 16.3. The van der Waals surface area contributed by atoms with Crippen LogP contribution in [0.2, 0.25) is 10.0 Å². The number of hydrogen-bond acceptors (Lipinski definition) is 6. The fourth-order valence-corrected chi connectivity index (χ4v) is 4.83. The molecule has 0 heterocycles. The molecule has 0 unspecified atom stereocenters. The molecule has 35 heavy (non-hydrogen) atoms. The van der Waals surface area contributed by atoms with Crippen LogP contribution < -0.4 is 5.43 Å². The summed E-state index contributed by atoms with van der Waals surface area (Å²) in [6.07, 6.45) is 1.14. The minimum atomic E-state index is -4.05. The molecule has 3 aromatic rings. The number of non-ortho nitro benzene ring substituents is 1. The van der Waals surface area contributed by atoms with Gasteiger partial charge in [-0.1, -0.05) is 51.3 Å². The molecule has 1 N–H and O–H groups in total. The number of carbonyl (C=O) groups excluding carboxylic acids is 1. The Kier molecular flexibility index (Phi) is 8.98. The van der Waals surface area contributed by atoms with Gasteiger partial charge in [0.15, 0.2) is 0 Å². The molecule has 3 aromatic carbocycles. The molecule has 0 aromatic heterocycles. The maximum absolute atomic E-state index is 13.3. The molecule has 0 saturated heterocycles. The van der Waals surface area contributed by atoms with Crippen molar-refractivity contribution < 1.29 is 18.1 Å². The van der Waals surface area contributed by atoms with E-state index in [-0.39, 0.29) is 27.7 Å². The highest BCUT2D eigenvalue weighted by Crippen LogP contribution is 2.22. The highest BCUT2D eigenvalue weighted by molar-refractivity contribution is 9.10. The van der Waals surface area contributed by atoms with E-state index < -0.39 is 27.4 Å². The molecule has 0 aliphatic heterocycles. The van der Waals surface area contributed by atoms with Crippen LogP contribution in [0.3, 0.4) is 0 Å². The van der Waals surface area contributed by atoms with Gasteiger partial charge in [-0.25, -0.2) is 13.8 Å². The number of rotatable bonds is 9. The predicted molar refractivity (Wildman–Crippen MR) is 137 cm³/mol. The van der Waals surface area contributed by atoms with Crippen LogP contribution in [0.25, 0.3) is 0 Å². The van der Waals surface area contributed by atoms with Crippen LogP contribution in [-0.2, 0) is 21.4 Å². The summed E-state index contributed by atoms with van der Waals surface area (Å²) in [4.78, 5) is 22.9. The lowest BCUT2D eigenvalue weighted by Gasteiger charge is -2.21. The average Bonchev–Trinajstić information content (AvgIpc) is 2.81. The first-order chi connectivity index (χ1) is 16.6. The molecule has 0 spiro atoms. The molecule has 1 amide bonds. The topological polar surface area (TPSA) is 122 Å². The smallest absolute Gasteiger partial charge is 0.270 e. The summed E-state index contributed by atoms with van der Waals surface area (Å²) in [7, 11) is -4.05. The van der Waals surface area contributed by atoms with Gasteiger partial charge in [0.1, 0.15) is 0 Å². The van der Waals surface area contributed by atoms with Crippen LogP contribution in [-0.4, -0.2) is 36.3 Å². The van der Waals surface area contributed by atoms with Crippen LogP contribution in [0.4, 0.5) is 5.69 Å². The van der Waals surface area contributed by atoms with Crippen molar-refractivity contribution >= 4 is 67.0 Å². The Morgan fingerprint density at radius 3 is 2.37 bits per heavy atom. The molecule has 0 aliphatic rings. The van der Waals surface area contributed by atoms with Crippen LogP contribution in [0, 0.1) is 10.1 Å². The highest BCUT2D eigenvalue weighted by atomic mass is 79.9. The van der Waals surface area contributed by atoms with E-state index in [4.69, 9.17) is 23.2 Å². The number of sulfonamides is 1. The maximum atomic E-state index is 13.3. The van der Waals surface area contributed by atoms with E-state index in [1.54, 1.807) is 36.4 Å². The lowest BCUT2D eigenvalue weighted by molar-refractivity contribution is -0.384. The molecule has 182 valence electrons. The number of benzene rings is 3. The quantitative estimate of drug-likeness (QED) is 0.211. The van der Waals surface area contributed by atoms with Crippen molar-refractivity contribution in [3.8, 4) is 0 Å². The van der Waals surface area contributed by atoms with E-state index in [0.29, 0.717) is 15.1 Å². The lowest BCUT2D eigenvalue weighted by atomic mass is 10.2. The van der Waals surface area contributed by atoms with E-state index in [2.05, 4.69) is 26.5 Å². The Balaban J connectivity index is 1.80. The fraction of sp³-hybridized carbons (Fsp3) is 0.0909. The van der Waals surface area contributed by atoms with E-state index in [1.807, 2.05) is 0 Å². The Labute approximate surface area is 219 Å². The zero-order valence-corrected chi connectivity index (χ0v) is 21.7. The number of carbonyl (C=O) groups is 1. The van der Waals surface area contributed by atoms with Crippen LogP contribution in [0.5, 0.6) is 0 Å². The van der Waals surface area contributed by atoms with Crippen molar-refractivity contribution in [2.24, 2.45) is 5.10 Å². The van der Waals surface area contributed by atoms with Crippen molar-refractivity contribution in [3.05, 3.63) is 102 Å². The molecule has 0 saturated carbocycles. The van der Waals surface area contributed by atoms with E-state index in [9.17, 15) is 23.3 Å². The monoisotopic (exact) mass is 598 g/mol. The van der Waals surface area contributed by atoms with Gasteiger partial charge in [-0.2, -0.15) is 9.41 Å². The van der Waals surface area contributed by atoms with Gasteiger partial charge in [-0.3, -0.25) is 14.9 Å². The number of nitro benzene ring substituents is 1. The molecular weight excluding hydrogens is 583 g/mol. The first-order valence-electron chi connectivity index (χ1n) is 9.82. The zero-order chi connectivity index (χ0) is 25.6. The fourth-order valence-electron chi connectivity index (χ4n) is 2.89. The Morgan fingerprint density at radius 1 is 1.09 bits per heavy atom. The van der Waals surface area contributed by atoms with E-state index in [0.717, 1.165) is 10.5 Å². The Bertz CT molecular complexity index is 1370. The van der Waals surface area contributed by atoms with Gasteiger partial charge in [-0.15, -0.1) is 0 Å². The van der Waals surface area contributed by atoms with Crippen molar-refractivity contribution in [3.63, 3.8) is 0 Å². The molecule has 0 bridgehead atoms. The predicted octanol–water partition coefficient (Wildman–Crippen LogP) is 5.01. The number of nitrogens with one attached hydrogen (secondary N) is 1. The van der Waals surface area contributed by atoms with Gasteiger partial charge in [0.25, 0.3) is 11.6 Å². The molecule has 0 fully saturated rings. The third-order valence-electron chi connectivity index (χ3n) is 4.63. The molecule has 0 aliphatic carbocycles. The summed E-state index contributed by atoms with van der Waals surface area (Å²) < 4.78 is 28.3. The van der Waals surface area contributed by atoms with Gasteiger partial charge < -0.3 is 0 Å². The standard InChI is InChI=1S/C22H17BrCl2N4O5S/c23-17-3-8-20(9-4-17)35(33,34)28(13-15-1-5-18(24)6-2-15)14-22(30)27-26-12-16-11-19(29(31)32)7-10-21(16)25/h1-12H,13-14H2,(H,27,30)/b26-12-. The van der Waals surface area contributed by atoms with Gasteiger partial charge >= 0.3 is 0 Å². The number of nitrogens with zero attached hydrogens (tertiary/aromatic N) is 3. The van der Waals surface area contributed by atoms with Gasteiger partial charge in [0, 0.05) is 38.8 Å². The van der Waals surface area contributed by atoms with Gasteiger partial charge in [0.2, 0.25) is 10.0 Å². The van der Waals surface area contributed by atoms with Crippen molar-refractivity contribution in [2.45, 2.75) is 11.4 Å². The number of hydrogen-bond donors (Lipinski definition) is 1. The van der Waals surface area contributed by atoms with Crippen LogP contribution in [0.15, 0.2) is 81.2 Å². The second kappa shape index (κ2) is 11.7. The summed E-state index contributed by atoms with van der Waals surface area (Å²) in [5.74, 6) is -0.725. The van der Waals surface area contributed by atoms with Gasteiger partial charge in [-0.05, 0) is 48.0 Å². The number of halogens is 3. The average molecular weight is 600 g/mol. The van der Waals surface area contributed by atoms with Gasteiger partial charge in [0.05, 0.1) is 22.6 Å². The first-order valence-corrected chi connectivity index (χ1v) is 12.8. The minimum Gasteiger partial charge on any atom is -0.272 e. The third kappa shape index (κ3) is 7.33. The Hall–Kier alpha value is -2.83. The highest BCUT2D eigenvalue weighted by Gasteiger charge is 2.27. The number of amides is 1. The second-order valence-electron chi connectivity index (χ2n) is 7.11. The first kappa shape index (κ1) is 26.8. The van der Waals surface area contributed by atoms with E-state index >= 15 is 0 Å². The maximum Gasteiger partial charge on any atom is 0.270 e. The largest absolute Gasteiger partial charge is 0.272 e. The molecule has 0 radical (unpaired) electrons. The van der Waals surface area contributed by atoms with Crippen molar-refractivity contribution in [2.75, 3.05) is 6.54 Å². The SMILES string of the molecule is O=C(CN(Cc1ccc(Cl)cc1)S(=O)(=O)c1ccc(Br)cc1)N/N=C\c1cc([N+](=O)[O-])ccc1Cl. The summed E-state index contributed by atoms with van der Waals surface area (Å²) in [5.41, 5.74) is 2.87. The zero-order valence-electron chi connectivity index (χ0n) is 17.8. The van der Waals surface area contributed by atoms with E-state index in [1.165, 1.54) is 30.3 Å². The molecule has 0 atom stereocenters. The lowest BCUT2D eigenvalue weighted by Crippen LogP contribution is -2.39. The van der Waals surface area contributed by atoms with Crippen molar-refractivity contribution in [1.82, 2.24) is 9.73 Å². The summed E-state index contributed by atoms with van der Waals surface area (Å²) in [6.45, 7) is -0.634. The normalized spacial score (nSPS) is 11.7. The summed E-state index contributed by atoms with van der Waals surface area (Å²) in [5, 5.41) is 15.4. The second-order valence-corrected chi connectivity index (χ2v) is 10.8. The Morgan fingerprint density at radius 2 is 1.74 bits per heavy atom. The minimum absolute atomic E-state index is 0.00865. The molecular formula is C22H17BrCl2N4O5S. The number of nitro groups is 1. The molecule has 3 rings (SSSR count). The number of hydrazone groups is 1. The van der Waals surface area contributed by atoms with Crippen molar-refractivity contribution in [1.29, 1.82) is 0 Å². The molecule has 9 nitrogen and oxygen atoms in total. The van der Waals surface area contributed by atoms with Crippen LogP contribution >= 0.6 is 39.1 Å².